The van der Waals surface area contributed by atoms with Crippen molar-refractivity contribution in [2.45, 2.75) is 24.8 Å². The molecule has 2 aromatic heterocycles. The summed E-state index contributed by atoms with van der Waals surface area (Å²) in [5, 5.41) is 19.7. The Morgan fingerprint density at radius 3 is 2.62 bits per heavy atom. The van der Waals surface area contributed by atoms with Crippen LogP contribution in [0, 0.1) is 24.0 Å². The second-order valence-electron chi connectivity index (χ2n) is 6.44. The van der Waals surface area contributed by atoms with Crippen molar-refractivity contribution in [3.8, 4) is 17.1 Å². The molecule has 0 aliphatic rings. The average molecular weight is 407 g/mol. The van der Waals surface area contributed by atoms with Crippen molar-refractivity contribution in [3.63, 3.8) is 0 Å². The summed E-state index contributed by atoms with van der Waals surface area (Å²) in [6.45, 7) is 4.17. The highest BCUT2D eigenvalue weighted by Crippen LogP contribution is 2.27. The van der Waals surface area contributed by atoms with Crippen LogP contribution in [0.15, 0.2) is 64.4 Å². The zero-order valence-electron chi connectivity index (χ0n) is 15.8. The number of nitrogens with zero attached hydrogens (tertiary/aromatic N) is 5. The van der Waals surface area contributed by atoms with Gasteiger partial charge in [-0.15, -0.1) is 10.2 Å². The summed E-state index contributed by atoms with van der Waals surface area (Å²) in [7, 11) is 0. The third-order valence-corrected chi connectivity index (χ3v) is 5.44. The Morgan fingerprint density at radius 2 is 1.90 bits per heavy atom. The number of aromatic nitrogens is 4. The standard InChI is InChI=1S/C20H17N5O3S/c1-13-3-6-17(11-14(13)2)24-10-9-21-20(24)29-12-18-22-23-19(28-18)15-4-7-16(8-5-15)25(26)27/h3-11H,12H2,1-2H3. The zero-order valence-corrected chi connectivity index (χ0v) is 16.6. The highest BCUT2D eigenvalue weighted by Gasteiger charge is 2.13. The van der Waals surface area contributed by atoms with Gasteiger partial charge in [-0.25, -0.2) is 4.98 Å². The number of benzene rings is 2. The van der Waals surface area contributed by atoms with Gasteiger partial charge in [-0.2, -0.15) is 0 Å². The van der Waals surface area contributed by atoms with Gasteiger partial charge in [0.1, 0.15) is 0 Å². The van der Waals surface area contributed by atoms with Crippen LogP contribution in [-0.4, -0.2) is 24.7 Å². The molecule has 9 heteroatoms. The molecule has 0 radical (unpaired) electrons. The van der Waals surface area contributed by atoms with Gasteiger partial charge in [0.2, 0.25) is 11.8 Å². The first-order valence-corrected chi connectivity index (χ1v) is 9.81. The summed E-state index contributed by atoms with van der Waals surface area (Å²) >= 11 is 1.49. The van der Waals surface area contributed by atoms with Crippen molar-refractivity contribution in [1.82, 2.24) is 19.7 Å². The summed E-state index contributed by atoms with van der Waals surface area (Å²) in [5.41, 5.74) is 4.16. The summed E-state index contributed by atoms with van der Waals surface area (Å²) in [5.74, 6) is 1.24. The van der Waals surface area contributed by atoms with E-state index in [1.807, 2.05) is 10.8 Å². The quantitative estimate of drug-likeness (QED) is 0.258. The van der Waals surface area contributed by atoms with Gasteiger partial charge in [-0.05, 0) is 49.2 Å². The van der Waals surface area contributed by atoms with Gasteiger partial charge >= 0.3 is 0 Å². The van der Waals surface area contributed by atoms with E-state index in [1.54, 1.807) is 18.3 Å². The molecule has 0 aliphatic carbocycles. The van der Waals surface area contributed by atoms with E-state index in [4.69, 9.17) is 4.42 Å². The summed E-state index contributed by atoms with van der Waals surface area (Å²) < 4.78 is 7.72. The molecule has 4 rings (SSSR count). The van der Waals surface area contributed by atoms with E-state index in [9.17, 15) is 10.1 Å². The Bertz CT molecular complexity index is 1170. The van der Waals surface area contributed by atoms with E-state index in [-0.39, 0.29) is 5.69 Å². The third kappa shape index (κ3) is 4.04. The van der Waals surface area contributed by atoms with Crippen LogP contribution in [-0.2, 0) is 5.75 Å². The Kier molecular flexibility index (Phi) is 5.13. The maximum Gasteiger partial charge on any atom is 0.269 e. The van der Waals surface area contributed by atoms with Crippen molar-refractivity contribution in [2.75, 3.05) is 0 Å². The van der Waals surface area contributed by atoms with Gasteiger partial charge in [0, 0.05) is 35.8 Å². The number of thioether (sulfide) groups is 1. The lowest BCUT2D eigenvalue weighted by atomic mass is 10.1. The second-order valence-corrected chi connectivity index (χ2v) is 7.38. The minimum absolute atomic E-state index is 0.0159. The van der Waals surface area contributed by atoms with Gasteiger partial charge < -0.3 is 4.42 Å². The predicted octanol–water partition coefficient (Wildman–Crippen LogP) is 4.74. The maximum atomic E-state index is 10.8. The lowest BCUT2D eigenvalue weighted by Gasteiger charge is -2.09. The van der Waals surface area contributed by atoms with Crippen LogP contribution in [0.4, 0.5) is 5.69 Å². The molecule has 0 spiro atoms. The number of rotatable bonds is 6. The molecule has 0 bridgehead atoms. The zero-order chi connectivity index (χ0) is 20.4. The predicted molar refractivity (Wildman–Crippen MR) is 109 cm³/mol. The van der Waals surface area contributed by atoms with Crippen molar-refractivity contribution < 1.29 is 9.34 Å². The number of hydrogen-bond acceptors (Lipinski definition) is 7. The minimum Gasteiger partial charge on any atom is -0.420 e. The van der Waals surface area contributed by atoms with Crippen molar-refractivity contribution >= 4 is 17.4 Å². The van der Waals surface area contributed by atoms with Crippen LogP contribution >= 0.6 is 11.8 Å². The number of imidazole rings is 1. The molecule has 0 N–H and O–H groups in total. The average Bonchev–Trinajstić information content (AvgIpc) is 3.38. The number of hydrogen-bond donors (Lipinski definition) is 0. The number of non-ortho nitro benzene ring substituents is 1. The molecule has 29 heavy (non-hydrogen) atoms. The van der Waals surface area contributed by atoms with E-state index in [1.165, 1.54) is 35.0 Å². The molecule has 2 aromatic carbocycles. The topological polar surface area (TPSA) is 99.9 Å². The van der Waals surface area contributed by atoms with Crippen LogP contribution in [0.25, 0.3) is 17.1 Å². The maximum absolute atomic E-state index is 10.8. The van der Waals surface area contributed by atoms with E-state index in [0.717, 1.165) is 10.8 Å². The van der Waals surface area contributed by atoms with E-state index < -0.39 is 4.92 Å². The molecule has 0 aliphatic heterocycles. The third-order valence-electron chi connectivity index (χ3n) is 4.49. The molecule has 0 saturated heterocycles. The van der Waals surface area contributed by atoms with Gasteiger partial charge in [0.05, 0.1) is 10.7 Å². The number of nitro groups is 1. The Morgan fingerprint density at radius 1 is 1.10 bits per heavy atom. The molecule has 2 heterocycles. The first kappa shape index (κ1) is 18.9. The van der Waals surface area contributed by atoms with Crippen molar-refractivity contribution in [2.24, 2.45) is 0 Å². The fraction of sp³-hybridized carbons (Fsp3) is 0.150. The molecule has 0 saturated carbocycles. The first-order chi connectivity index (χ1) is 14.0. The Labute approximate surface area is 170 Å². The van der Waals surface area contributed by atoms with Crippen LogP contribution in [0.5, 0.6) is 0 Å². The fourth-order valence-electron chi connectivity index (χ4n) is 2.75. The SMILES string of the molecule is Cc1ccc(-n2ccnc2SCc2nnc(-c3ccc([N+](=O)[O-])cc3)o2)cc1C. The molecule has 0 atom stereocenters. The monoisotopic (exact) mass is 407 g/mol. The molecule has 0 fully saturated rings. The fourth-order valence-corrected chi connectivity index (χ4v) is 3.56. The molecule has 4 aromatic rings. The summed E-state index contributed by atoms with van der Waals surface area (Å²) in [6, 6.07) is 12.3. The first-order valence-electron chi connectivity index (χ1n) is 8.82. The van der Waals surface area contributed by atoms with Crippen molar-refractivity contribution in [1.29, 1.82) is 0 Å². The summed E-state index contributed by atoms with van der Waals surface area (Å²) in [6.07, 6.45) is 3.68. The highest BCUT2D eigenvalue weighted by molar-refractivity contribution is 7.98. The molecular formula is C20H17N5O3S. The van der Waals surface area contributed by atoms with Gasteiger partial charge in [-0.1, -0.05) is 17.8 Å². The smallest absolute Gasteiger partial charge is 0.269 e. The van der Waals surface area contributed by atoms with E-state index >= 15 is 0 Å². The molecule has 146 valence electrons. The lowest BCUT2D eigenvalue weighted by molar-refractivity contribution is -0.384. The van der Waals surface area contributed by atoms with Gasteiger partial charge in [-0.3, -0.25) is 14.7 Å². The van der Waals surface area contributed by atoms with Crippen LogP contribution in [0.3, 0.4) is 0 Å². The Hall–Kier alpha value is -3.46. The minimum atomic E-state index is -0.447. The van der Waals surface area contributed by atoms with Crippen molar-refractivity contribution in [3.05, 3.63) is 82.0 Å². The second kappa shape index (κ2) is 7.88. The highest BCUT2D eigenvalue weighted by atomic mass is 32.2. The van der Waals surface area contributed by atoms with Crippen LogP contribution in [0.2, 0.25) is 0 Å². The number of aryl methyl sites for hydroxylation is 2. The van der Waals surface area contributed by atoms with E-state index in [0.29, 0.717) is 23.1 Å². The van der Waals surface area contributed by atoms with Crippen LogP contribution < -0.4 is 0 Å². The lowest BCUT2D eigenvalue weighted by Crippen LogP contribution is -1.96. The molecule has 0 amide bonds. The largest absolute Gasteiger partial charge is 0.420 e. The normalized spacial score (nSPS) is 11.0. The van der Waals surface area contributed by atoms with Gasteiger partial charge in [0.25, 0.3) is 5.69 Å². The number of nitro benzene ring substituents is 1. The van der Waals surface area contributed by atoms with Crippen LogP contribution in [0.1, 0.15) is 17.0 Å². The molecule has 8 nitrogen and oxygen atoms in total. The molecular weight excluding hydrogens is 390 g/mol. The van der Waals surface area contributed by atoms with E-state index in [2.05, 4.69) is 47.2 Å². The molecule has 0 unspecified atom stereocenters. The van der Waals surface area contributed by atoms with Gasteiger partial charge in [0.15, 0.2) is 5.16 Å². The summed E-state index contributed by atoms with van der Waals surface area (Å²) in [4.78, 5) is 14.7. The Balaban J connectivity index is 1.48.